The van der Waals surface area contributed by atoms with Crippen molar-refractivity contribution >= 4 is 10.2 Å². The zero-order valence-corrected chi connectivity index (χ0v) is 8.65. The van der Waals surface area contributed by atoms with Crippen molar-refractivity contribution < 1.29 is 8.42 Å². The molecule has 0 amide bonds. The molecule has 0 aromatic heterocycles. The number of nitrogens with one attached hydrogen (secondary N) is 2. The minimum Gasteiger partial charge on any atom is -0.205 e. The Morgan fingerprint density at radius 3 is 2.77 bits per heavy atom. The van der Waals surface area contributed by atoms with Crippen LogP contribution in [0, 0.1) is 0 Å². The molecule has 0 aliphatic heterocycles. The van der Waals surface area contributed by atoms with Crippen LogP contribution in [0.2, 0.25) is 0 Å². The largest absolute Gasteiger partial charge is 0.276 e. The number of hydrogen-bond donors (Lipinski definition) is 2. The van der Waals surface area contributed by atoms with Crippen LogP contribution in [-0.4, -0.2) is 21.5 Å². The molecule has 1 rings (SSSR count). The van der Waals surface area contributed by atoms with E-state index in [1.165, 1.54) is 7.05 Å². The van der Waals surface area contributed by atoms with Crippen molar-refractivity contribution in [2.24, 2.45) is 0 Å². The van der Waals surface area contributed by atoms with Crippen molar-refractivity contribution in [3.63, 3.8) is 0 Å². The molecule has 0 aromatic carbocycles. The Morgan fingerprint density at radius 1 is 1.54 bits per heavy atom. The van der Waals surface area contributed by atoms with Crippen LogP contribution in [-0.2, 0) is 10.2 Å². The number of rotatable bonds is 3. The van der Waals surface area contributed by atoms with Crippen LogP contribution >= 0.6 is 0 Å². The van der Waals surface area contributed by atoms with Gasteiger partial charge >= 0.3 is 0 Å². The van der Waals surface area contributed by atoms with Gasteiger partial charge in [0, 0.05) is 13.1 Å². The highest BCUT2D eigenvalue weighted by Crippen LogP contribution is 2.21. The zero-order valence-electron chi connectivity index (χ0n) is 7.84. The van der Waals surface area contributed by atoms with Crippen LogP contribution in [0.25, 0.3) is 0 Å². The van der Waals surface area contributed by atoms with Gasteiger partial charge in [-0.05, 0) is 25.7 Å². The molecular formula is C8H16N2O2S. The lowest BCUT2D eigenvalue weighted by atomic mass is 9.92. The van der Waals surface area contributed by atoms with Crippen LogP contribution < -0.4 is 9.44 Å². The summed E-state index contributed by atoms with van der Waals surface area (Å²) in [7, 11) is -1.88. The van der Waals surface area contributed by atoms with Gasteiger partial charge in [0.25, 0.3) is 10.2 Å². The molecule has 1 unspecified atom stereocenters. The lowest BCUT2D eigenvalue weighted by Gasteiger charge is -2.23. The molecular weight excluding hydrogens is 188 g/mol. The molecule has 0 aromatic rings. The average Bonchev–Trinajstić information content (AvgIpc) is 2.03. The van der Waals surface area contributed by atoms with E-state index in [1.54, 1.807) is 0 Å². The first-order valence-corrected chi connectivity index (χ1v) is 5.89. The molecule has 0 saturated heterocycles. The highest BCUT2D eigenvalue weighted by atomic mass is 32.2. The predicted molar refractivity (Wildman–Crippen MR) is 52.5 cm³/mol. The van der Waals surface area contributed by atoms with Gasteiger partial charge in [0.05, 0.1) is 0 Å². The van der Waals surface area contributed by atoms with E-state index in [0.29, 0.717) is 0 Å². The maximum Gasteiger partial charge on any atom is 0.276 e. The minimum atomic E-state index is -3.28. The maximum atomic E-state index is 11.1. The SMILES string of the molecule is C=C1CCCC(NS(=O)(=O)NC)C1. The van der Waals surface area contributed by atoms with Gasteiger partial charge < -0.3 is 0 Å². The molecule has 2 N–H and O–H groups in total. The summed E-state index contributed by atoms with van der Waals surface area (Å²) in [6.45, 7) is 3.87. The lowest BCUT2D eigenvalue weighted by molar-refractivity contribution is 0.470. The molecule has 1 aliphatic rings. The van der Waals surface area contributed by atoms with Gasteiger partial charge in [0.1, 0.15) is 0 Å². The average molecular weight is 204 g/mol. The number of hydrogen-bond acceptors (Lipinski definition) is 2. The van der Waals surface area contributed by atoms with E-state index in [1.807, 2.05) is 0 Å². The Balaban J connectivity index is 2.49. The first-order valence-electron chi connectivity index (χ1n) is 4.41. The molecule has 1 fully saturated rings. The Morgan fingerprint density at radius 2 is 2.23 bits per heavy atom. The van der Waals surface area contributed by atoms with Gasteiger partial charge in [-0.3, -0.25) is 0 Å². The minimum absolute atomic E-state index is 0.0266. The summed E-state index contributed by atoms with van der Waals surface area (Å²) in [5.74, 6) is 0. The molecule has 1 atom stereocenters. The third-order valence-corrected chi connectivity index (χ3v) is 3.39. The van der Waals surface area contributed by atoms with Crippen molar-refractivity contribution in [3.05, 3.63) is 12.2 Å². The maximum absolute atomic E-state index is 11.1. The van der Waals surface area contributed by atoms with Crippen LogP contribution in [0.3, 0.4) is 0 Å². The smallest absolute Gasteiger partial charge is 0.205 e. The lowest BCUT2D eigenvalue weighted by Crippen LogP contribution is -2.42. The van der Waals surface area contributed by atoms with Crippen molar-refractivity contribution in [3.8, 4) is 0 Å². The Labute approximate surface area is 79.6 Å². The molecule has 1 saturated carbocycles. The van der Waals surface area contributed by atoms with Crippen LogP contribution in [0.1, 0.15) is 25.7 Å². The van der Waals surface area contributed by atoms with Crippen molar-refractivity contribution in [1.82, 2.24) is 9.44 Å². The summed E-state index contributed by atoms with van der Waals surface area (Å²) in [6, 6.07) is 0.0266. The second-order valence-corrected chi connectivity index (χ2v) is 5.02. The summed E-state index contributed by atoms with van der Waals surface area (Å²) >= 11 is 0. The standard InChI is InChI=1S/C8H16N2O2S/c1-7-4-3-5-8(6-7)10-13(11,12)9-2/h8-10H,1,3-6H2,2H3. The highest BCUT2D eigenvalue weighted by Gasteiger charge is 2.19. The monoisotopic (exact) mass is 204 g/mol. The van der Waals surface area contributed by atoms with Crippen molar-refractivity contribution in [1.29, 1.82) is 0 Å². The zero-order chi connectivity index (χ0) is 9.90. The van der Waals surface area contributed by atoms with Gasteiger partial charge in [-0.25, -0.2) is 4.72 Å². The molecule has 4 nitrogen and oxygen atoms in total. The predicted octanol–water partition coefficient (Wildman–Crippen LogP) is 0.539. The van der Waals surface area contributed by atoms with Crippen molar-refractivity contribution in [2.75, 3.05) is 7.05 Å². The van der Waals surface area contributed by atoms with Crippen molar-refractivity contribution in [2.45, 2.75) is 31.7 Å². The fourth-order valence-corrected chi connectivity index (χ4v) is 2.29. The van der Waals surface area contributed by atoms with E-state index >= 15 is 0 Å². The van der Waals surface area contributed by atoms with Crippen LogP contribution in [0.4, 0.5) is 0 Å². The summed E-state index contributed by atoms with van der Waals surface area (Å²) < 4.78 is 27.1. The molecule has 0 radical (unpaired) electrons. The molecule has 0 spiro atoms. The summed E-state index contributed by atoms with van der Waals surface area (Å²) in [4.78, 5) is 0. The molecule has 1 aliphatic carbocycles. The van der Waals surface area contributed by atoms with E-state index < -0.39 is 10.2 Å². The molecule has 13 heavy (non-hydrogen) atoms. The Kier molecular flexibility index (Phi) is 3.47. The van der Waals surface area contributed by atoms with E-state index in [2.05, 4.69) is 16.0 Å². The fraction of sp³-hybridized carbons (Fsp3) is 0.750. The van der Waals surface area contributed by atoms with E-state index in [9.17, 15) is 8.42 Å². The van der Waals surface area contributed by atoms with Gasteiger partial charge in [-0.15, -0.1) is 0 Å². The summed E-state index contributed by atoms with van der Waals surface area (Å²) in [5, 5.41) is 0. The topological polar surface area (TPSA) is 58.2 Å². The first-order chi connectivity index (χ1) is 6.03. The third-order valence-electron chi connectivity index (χ3n) is 2.21. The van der Waals surface area contributed by atoms with Crippen LogP contribution in [0.15, 0.2) is 12.2 Å². The van der Waals surface area contributed by atoms with E-state index in [0.717, 1.165) is 31.3 Å². The van der Waals surface area contributed by atoms with E-state index in [-0.39, 0.29) is 6.04 Å². The van der Waals surface area contributed by atoms with E-state index in [4.69, 9.17) is 0 Å². The molecule has 0 bridgehead atoms. The fourth-order valence-electron chi connectivity index (χ4n) is 1.53. The third kappa shape index (κ3) is 3.46. The Bertz CT molecular complexity index is 285. The molecule has 0 heterocycles. The van der Waals surface area contributed by atoms with Gasteiger partial charge in [-0.1, -0.05) is 12.2 Å². The molecule has 76 valence electrons. The Hall–Kier alpha value is -0.390. The second-order valence-electron chi connectivity index (χ2n) is 3.37. The second kappa shape index (κ2) is 4.21. The molecule has 5 heteroatoms. The highest BCUT2D eigenvalue weighted by molar-refractivity contribution is 7.87. The first kappa shape index (κ1) is 10.7. The van der Waals surface area contributed by atoms with Gasteiger partial charge in [0.2, 0.25) is 0 Å². The normalized spacial score (nSPS) is 24.7. The quantitative estimate of drug-likeness (QED) is 0.659. The van der Waals surface area contributed by atoms with Gasteiger partial charge in [-0.2, -0.15) is 13.1 Å². The van der Waals surface area contributed by atoms with Crippen LogP contribution in [0.5, 0.6) is 0 Å². The summed E-state index contributed by atoms with van der Waals surface area (Å²) in [5.41, 5.74) is 1.13. The van der Waals surface area contributed by atoms with Gasteiger partial charge in [0.15, 0.2) is 0 Å². The summed E-state index contributed by atoms with van der Waals surface area (Å²) in [6.07, 6.45) is 3.72.